The first-order chi connectivity index (χ1) is 7.10. The van der Waals surface area contributed by atoms with Gasteiger partial charge in [0, 0.05) is 13.1 Å². The Labute approximate surface area is 87.4 Å². The molecule has 0 bridgehead atoms. The molecule has 1 aromatic rings. The summed E-state index contributed by atoms with van der Waals surface area (Å²) in [5.41, 5.74) is -0.0984. The maximum Gasteiger partial charge on any atom is 0.339 e. The molecule has 0 spiro atoms. The van der Waals surface area contributed by atoms with Gasteiger partial charge in [-0.05, 0) is 19.9 Å². The van der Waals surface area contributed by atoms with Crippen molar-refractivity contribution >= 4 is 11.8 Å². The third-order valence-corrected chi connectivity index (χ3v) is 2.13. The van der Waals surface area contributed by atoms with Crippen molar-refractivity contribution in [1.82, 2.24) is 4.98 Å². The molecule has 0 saturated heterocycles. The van der Waals surface area contributed by atoms with Gasteiger partial charge in [0.15, 0.2) is 0 Å². The van der Waals surface area contributed by atoms with Gasteiger partial charge in [-0.15, -0.1) is 0 Å². The van der Waals surface area contributed by atoms with Gasteiger partial charge in [0.2, 0.25) is 0 Å². The number of nitrogens with zero attached hydrogens (tertiary/aromatic N) is 2. The molecule has 0 atom stereocenters. The summed E-state index contributed by atoms with van der Waals surface area (Å²) < 4.78 is 12.8. The minimum Gasteiger partial charge on any atom is -0.478 e. The van der Waals surface area contributed by atoms with Crippen molar-refractivity contribution in [2.24, 2.45) is 0 Å². The van der Waals surface area contributed by atoms with Crippen LogP contribution in [0.25, 0.3) is 0 Å². The average Bonchev–Trinajstić information content (AvgIpc) is 2.21. The van der Waals surface area contributed by atoms with Gasteiger partial charge in [0.05, 0.1) is 6.20 Å². The number of aromatic nitrogens is 1. The van der Waals surface area contributed by atoms with E-state index in [1.807, 2.05) is 13.8 Å². The molecule has 0 aliphatic heterocycles. The first-order valence-electron chi connectivity index (χ1n) is 4.73. The van der Waals surface area contributed by atoms with E-state index < -0.39 is 11.8 Å². The Morgan fingerprint density at radius 2 is 2.13 bits per heavy atom. The molecule has 1 heterocycles. The smallest absolute Gasteiger partial charge is 0.339 e. The quantitative estimate of drug-likeness (QED) is 0.826. The third-order valence-electron chi connectivity index (χ3n) is 2.13. The Hall–Kier alpha value is -1.65. The molecule has 4 nitrogen and oxygen atoms in total. The number of carbonyl (C=O) groups is 1. The number of anilines is 1. The van der Waals surface area contributed by atoms with Crippen molar-refractivity contribution in [3.63, 3.8) is 0 Å². The molecule has 0 aromatic carbocycles. The normalized spacial score (nSPS) is 10.1. The first kappa shape index (κ1) is 11.4. The predicted octanol–water partition coefficient (Wildman–Crippen LogP) is 1.77. The molecule has 15 heavy (non-hydrogen) atoms. The number of carboxylic acids is 1. The summed E-state index contributed by atoms with van der Waals surface area (Å²) in [6.45, 7) is 5.05. The van der Waals surface area contributed by atoms with Gasteiger partial charge in [-0.2, -0.15) is 0 Å². The molecule has 0 unspecified atom stereocenters. The lowest BCUT2D eigenvalue weighted by molar-refractivity contribution is 0.0696. The van der Waals surface area contributed by atoms with Gasteiger partial charge in [0.25, 0.3) is 0 Å². The lowest BCUT2D eigenvalue weighted by atomic mass is 10.2. The lowest BCUT2D eigenvalue weighted by Gasteiger charge is -2.21. The van der Waals surface area contributed by atoms with Crippen LogP contribution < -0.4 is 4.90 Å². The van der Waals surface area contributed by atoms with Gasteiger partial charge in [-0.1, -0.05) is 0 Å². The molecular weight excluding hydrogens is 199 g/mol. The number of halogens is 1. The fourth-order valence-electron chi connectivity index (χ4n) is 1.36. The maximum absolute atomic E-state index is 12.8. The lowest BCUT2D eigenvalue weighted by Crippen LogP contribution is -2.25. The average molecular weight is 212 g/mol. The van der Waals surface area contributed by atoms with Crippen molar-refractivity contribution in [2.75, 3.05) is 18.0 Å². The van der Waals surface area contributed by atoms with Crippen LogP contribution in [0.5, 0.6) is 0 Å². The molecule has 0 saturated carbocycles. The topological polar surface area (TPSA) is 53.4 Å². The van der Waals surface area contributed by atoms with Crippen molar-refractivity contribution in [2.45, 2.75) is 13.8 Å². The van der Waals surface area contributed by atoms with Gasteiger partial charge in [0.1, 0.15) is 17.2 Å². The minimum atomic E-state index is -1.16. The van der Waals surface area contributed by atoms with E-state index in [0.29, 0.717) is 18.9 Å². The Bertz CT molecular complexity index is 364. The van der Waals surface area contributed by atoms with Crippen LogP contribution >= 0.6 is 0 Å². The molecule has 0 amide bonds. The standard InChI is InChI=1S/C10H13FN2O2/c1-3-13(4-2)9-8(10(14)15)5-7(11)6-12-9/h5-6H,3-4H2,1-2H3,(H,14,15). The Morgan fingerprint density at radius 3 is 2.60 bits per heavy atom. The number of pyridine rings is 1. The van der Waals surface area contributed by atoms with Crippen LogP contribution in [0.2, 0.25) is 0 Å². The second-order valence-electron chi connectivity index (χ2n) is 3.00. The molecule has 1 rings (SSSR count). The molecule has 5 heteroatoms. The fourth-order valence-corrected chi connectivity index (χ4v) is 1.36. The molecular formula is C10H13FN2O2. The Morgan fingerprint density at radius 1 is 1.53 bits per heavy atom. The van der Waals surface area contributed by atoms with E-state index in [1.54, 1.807) is 4.90 Å². The van der Waals surface area contributed by atoms with E-state index in [-0.39, 0.29) is 5.56 Å². The van der Waals surface area contributed by atoms with Crippen molar-refractivity contribution in [3.8, 4) is 0 Å². The highest BCUT2D eigenvalue weighted by Crippen LogP contribution is 2.18. The van der Waals surface area contributed by atoms with E-state index in [4.69, 9.17) is 5.11 Å². The Kier molecular flexibility index (Phi) is 3.60. The van der Waals surface area contributed by atoms with Crippen molar-refractivity contribution in [1.29, 1.82) is 0 Å². The fraction of sp³-hybridized carbons (Fsp3) is 0.400. The molecule has 0 aliphatic carbocycles. The first-order valence-corrected chi connectivity index (χ1v) is 4.73. The molecule has 1 N–H and O–H groups in total. The van der Waals surface area contributed by atoms with E-state index in [9.17, 15) is 9.18 Å². The zero-order chi connectivity index (χ0) is 11.4. The molecule has 0 radical (unpaired) electrons. The van der Waals surface area contributed by atoms with Crippen LogP contribution in [0.15, 0.2) is 12.3 Å². The highest BCUT2D eigenvalue weighted by molar-refractivity contribution is 5.93. The number of aromatic carboxylic acids is 1. The largest absolute Gasteiger partial charge is 0.478 e. The van der Waals surface area contributed by atoms with E-state index in [0.717, 1.165) is 12.3 Å². The van der Waals surface area contributed by atoms with Crippen LogP contribution in [-0.4, -0.2) is 29.1 Å². The summed E-state index contributed by atoms with van der Waals surface area (Å²) in [6, 6.07) is 0.989. The summed E-state index contributed by atoms with van der Waals surface area (Å²) in [7, 11) is 0. The van der Waals surface area contributed by atoms with Gasteiger partial charge in [-0.25, -0.2) is 14.2 Å². The van der Waals surface area contributed by atoms with Crippen molar-refractivity contribution in [3.05, 3.63) is 23.6 Å². The maximum atomic E-state index is 12.8. The highest BCUT2D eigenvalue weighted by Gasteiger charge is 2.16. The second kappa shape index (κ2) is 4.72. The summed E-state index contributed by atoms with van der Waals surface area (Å²) >= 11 is 0. The Balaban J connectivity index is 3.21. The summed E-state index contributed by atoms with van der Waals surface area (Å²) in [5, 5.41) is 8.90. The number of rotatable bonds is 4. The van der Waals surface area contributed by atoms with Crippen LogP contribution in [0.1, 0.15) is 24.2 Å². The van der Waals surface area contributed by atoms with Gasteiger partial charge >= 0.3 is 5.97 Å². The molecule has 0 fully saturated rings. The van der Waals surface area contributed by atoms with Crippen LogP contribution in [-0.2, 0) is 0 Å². The summed E-state index contributed by atoms with van der Waals surface area (Å²) in [5.74, 6) is -1.49. The third kappa shape index (κ3) is 2.43. The molecule has 0 aliphatic rings. The van der Waals surface area contributed by atoms with Gasteiger partial charge in [-0.3, -0.25) is 0 Å². The molecule has 82 valence electrons. The summed E-state index contributed by atoms with van der Waals surface area (Å²) in [6.07, 6.45) is 1.03. The van der Waals surface area contributed by atoms with Crippen LogP contribution in [0.3, 0.4) is 0 Å². The second-order valence-corrected chi connectivity index (χ2v) is 3.00. The zero-order valence-electron chi connectivity index (χ0n) is 8.70. The summed E-state index contributed by atoms with van der Waals surface area (Å²) in [4.78, 5) is 16.5. The zero-order valence-corrected chi connectivity index (χ0v) is 8.70. The number of hydrogen-bond donors (Lipinski definition) is 1. The monoisotopic (exact) mass is 212 g/mol. The SMILES string of the molecule is CCN(CC)c1ncc(F)cc1C(=O)O. The molecule has 1 aromatic heterocycles. The van der Waals surface area contributed by atoms with Crippen LogP contribution in [0, 0.1) is 5.82 Å². The minimum absolute atomic E-state index is 0.0984. The van der Waals surface area contributed by atoms with E-state index in [1.165, 1.54) is 0 Å². The van der Waals surface area contributed by atoms with Gasteiger partial charge < -0.3 is 10.0 Å². The van der Waals surface area contributed by atoms with Crippen molar-refractivity contribution < 1.29 is 14.3 Å². The van der Waals surface area contributed by atoms with E-state index >= 15 is 0 Å². The predicted molar refractivity (Wildman–Crippen MR) is 54.7 cm³/mol. The highest BCUT2D eigenvalue weighted by atomic mass is 19.1. The van der Waals surface area contributed by atoms with E-state index in [2.05, 4.69) is 4.98 Å². The van der Waals surface area contributed by atoms with Crippen LogP contribution in [0.4, 0.5) is 10.2 Å². The number of hydrogen-bond acceptors (Lipinski definition) is 3. The number of carboxylic acid groups (broad SMARTS) is 1.